The second-order valence-electron chi connectivity index (χ2n) is 7.55. The predicted molar refractivity (Wildman–Crippen MR) is 112 cm³/mol. The van der Waals surface area contributed by atoms with Crippen LogP contribution in [0, 0.1) is 0 Å². The molecule has 3 aromatic rings. The summed E-state index contributed by atoms with van der Waals surface area (Å²) in [4.78, 5) is 23.6. The Kier molecular flexibility index (Phi) is 4.82. The molecule has 0 fully saturated rings. The van der Waals surface area contributed by atoms with Gasteiger partial charge in [-0.25, -0.2) is 9.97 Å². The molecule has 0 saturated heterocycles. The van der Waals surface area contributed by atoms with Gasteiger partial charge in [-0.1, -0.05) is 44.2 Å². The number of nitrogens with zero attached hydrogens (tertiary/aromatic N) is 3. The third kappa shape index (κ3) is 3.48. The maximum Gasteiger partial charge on any atom is 0.278 e. The number of carbonyl (C=O) groups is 1. The summed E-state index contributed by atoms with van der Waals surface area (Å²) in [5, 5.41) is 3.23. The second kappa shape index (κ2) is 7.43. The summed E-state index contributed by atoms with van der Waals surface area (Å²) in [6.45, 7) is 6.40. The van der Waals surface area contributed by atoms with Crippen LogP contribution in [0.3, 0.4) is 0 Å². The highest BCUT2D eigenvalue weighted by Gasteiger charge is 2.31. The molecule has 0 saturated carbocycles. The van der Waals surface area contributed by atoms with Crippen molar-refractivity contribution >= 4 is 23.1 Å². The largest absolute Gasteiger partial charge is 0.339 e. The minimum absolute atomic E-state index is 0.113. The van der Waals surface area contributed by atoms with Crippen LogP contribution >= 0.6 is 0 Å². The first-order valence-electron chi connectivity index (χ1n) is 9.63. The van der Waals surface area contributed by atoms with E-state index < -0.39 is 0 Å². The zero-order valence-corrected chi connectivity index (χ0v) is 16.4. The van der Waals surface area contributed by atoms with Gasteiger partial charge in [-0.05, 0) is 48.6 Å². The Morgan fingerprint density at radius 2 is 1.82 bits per heavy atom. The van der Waals surface area contributed by atoms with Crippen molar-refractivity contribution in [2.75, 3.05) is 10.2 Å². The normalized spacial score (nSPS) is 15.6. The number of rotatable bonds is 4. The van der Waals surface area contributed by atoms with Gasteiger partial charge in [0, 0.05) is 17.4 Å². The van der Waals surface area contributed by atoms with Gasteiger partial charge in [0.15, 0.2) is 0 Å². The fourth-order valence-corrected chi connectivity index (χ4v) is 3.60. The molecule has 4 rings (SSSR count). The van der Waals surface area contributed by atoms with E-state index in [0.29, 0.717) is 17.4 Å². The lowest BCUT2D eigenvalue weighted by Crippen LogP contribution is -2.36. The van der Waals surface area contributed by atoms with E-state index in [0.717, 1.165) is 17.8 Å². The molecule has 1 amide bonds. The maximum atomic E-state index is 13.0. The minimum Gasteiger partial charge on any atom is -0.339 e. The van der Waals surface area contributed by atoms with Crippen molar-refractivity contribution in [3.63, 3.8) is 0 Å². The molecule has 142 valence electrons. The van der Waals surface area contributed by atoms with E-state index >= 15 is 0 Å². The molecule has 1 aliphatic heterocycles. The Morgan fingerprint density at radius 3 is 2.50 bits per heavy atom. The lowest BCUT2D eigenvalue weighted by Gasteiger charge is -2.22. The van der Waals surface area contributed by atoms with E-state index in [1.165, 1.54) is 11.1 Å². The van der Waals surface area contributed by atoms with Gasteiger partial charge < -0.3 is 10.2 Å². The first-order valence-corrected chi connectivity index (χ1v) is 9.63. The molecule has 1 unspecified atom stereocenters. The molecule has 2 heterocycles. The summed E-state index contributed by atoms with van der Waals surface area (Å²) < 4.78 is 0. The van der Waals surface area contributed by atoms with Crippen LogP contribution in [0.4, 0.5) is 17.2 Å². The number of aromatic nitrogens is 2. The van der Waals surface area contributed by atoms with Crippen LogP contribution in [0.1, 0.15) is 48.3 Å². The number of para-hydroxylation sites is 1. The molecule has 28 heavy (non-hydrogen) atoms. The van der Waals surface area contributed by atoms with Crippen LogP contribution < -0.4 is 10.2 Å². The molecule has 0 aliphatic carbocycles. The van der Waals surface area contributed by atoms with Crippen LogP contribution in [0.5, 0.6) is 0 Å². The molecule has 5 nitrogen and oxygen atoms in total. The van der Waals surface area contributed by atoms with Gasteiger partial charge in [-0.15, -0.1) is 0 Å². The average molecular weight is 372 g/mol. The summed E-state index contributed by atoms with van der Waals surface area (Å²) >= 11 is 0. The third-order valence-electron chi connectivity index (χ3n) is 5.15. The summed E-state index contributed by atoms with van der Waals surface area (Å²) in [5.74, 6) is 0.999. The molecular weight excluding hydrogens is 348 g/mol. The van der Waals surface area contributed by atoms with Crippen LogP contribution in [0.25, 0.3) is 0 Å². The Labute approximate surface area is 165 Å². The zero-order valence-electron chi connectivity index (χ0n) is 16.4. The molecule has 1 aliphatic rings. The van der Waals surface area contributed by atoms with E-state index in [1.807, 2.05) is 35.2 Å². The van der Waals surface area contributed by atoms with Crippen molar-refractivity contribution in [3.05, 3.63) is 77.7 Å². The van der Waals surface area contributed by atoms with Crippen LogP contribution in [-0.2, 0) is 6.42 Å². The zero-order chi connectivity index (χ0) is 19.7. The van der Waals surface area contributed by atoms with Crippen molar-refractivity contribution in [1.29, 1.82) is 0 Å². The Balaban J connectivity index is 1.49. The fraction of sp³-hybridized carbons (Fsp3) is 0.261. The van der Waals surface area contributed by atoms with Crippen LogP contribution in [-0.4, -0.2) is 21.9 Å². The van der Waals surface area contributed by atoms with Gasteiger partial charge in [-0.2, -0.15) is 0 Å². The third-order valence-corrected chi connectivity index (χ3v) is 5.15. The van der Waals surface area contributed by atoms with E-state index in [-0.39, 0.29) is 11.9 Å². The highest BCUT2D eigenvalue weighted by molar-refractivity contribution is 6.06. The monoisotopic (exact) mass is 372 g/mol. The van der Waals surface area contributed by atoms with E-state index in [9.17, 15) is 4.79 Å². The number of amides is 1. The lowest BCUT2D eigenvalue weighted by molar-refractivity contribution is 0.0976. The molecule has 0 spiro atoms. The van der Waals surface area contributed by atoms with Crippen LogP contribution in [0.2, 0.25) is 0 Å². The van der Waals surface area contributed by atoms with Gasteiger partial charge in [0.05, 0.1) is 12.4 Å². The summed E-state index contributed by atoms with van der Waals surface area (Å²) in [6, 6.07) is 16.4. The highest BCUT2D eigenvalue weighted by Crippen LogP contribution is 2.32. The van der Waals surface area contributed by atoms with Crippen molar-refractivity contribution in [1.82, 2.24) is 9.97 Å². The van der Waals surface area contributed by atoms with Crippen molar-refractivity contribution in [2.24, 2.45) is 0 Å². The van der Waals surface area contributed by atoms with Gasteiger partial charge in [0.25, 0.3) is 5.91 Å². The number of anilines is 3. The van der Waals surface area contributed by atoms with Gasteiger partial charge >= 0.3 is 0 Å². The molecular formula is C23H24N4O. The topological polar surface area (TPSA) is 58.1 Å². The molecule has 0 radical (unpaired) electrons. The number of benzene rings is 2. The maximum absolute atomic E-state index is 13.0. The van der Waals surface area contributed by atoms with E-state index in [1.54, 1.807) is 12.4 Å². The van der Waals surface area contributed by atoms with Gasteiger partial charge in [0.2, 0.25) is 0 Å². The predicted octanol–water partition coefficient (Wildman–Crippen LogP) is 4.94. The molecule has 1 N–H and O–H groups in total. The number of fused-ring (bicyclic) bond motifs is 1. The second-order valence-corrected chi connectivity index (χ2v) is 7.55. The lowest BCUT2D eigenvalue weighted by atomic mass is 10.0. The summed E-state index contributed by atoms with van der Waals surface area (Å²) in [6.07, 6.45) is 4.01. The quantitative estimate of drug-likeness (QED) is 0.705. The highest BCUT2D eigenvalue weighted by atomic mass is 16.2. The number of carbonyl (C=O) groups excluding carboxylic acids is 1. The van der Waals surface area contributed by atoms with Crippen molar-refractivity contribution in [2.45, 2.75) is 39.2 Å². The molecule has 1 atom stereocenters. The summed E-state index contributed by atoms with van der Waals surface area (Å²) in [7, 11) is 0. The minimum atomic E-state index is -0.113. The molecule has 2 aromatic carbocycles. The number of hydrogen-bond donors (Lipinski definition) is 1. The number of nitrogens with one attached hydrogen (secondary N) is 1. The SMILES string of the molecule is CC(C)c1ccc(Nc2cnc(C(=O)N3c4ccccc4CC3C)cn2)cc1. The smallest absolute Gasteiger partial charge is 0.278 e. The van der Waals surface area contributed by atoms with Gasteiger partial charge in [0.1, 0.15) is 11.5 Å². The number of hydrogen-bond acceptors (Lipinski definition) is 4. The molecule has 1 aromatic heterocycles. The molecule has 5 heteroatoms. The first-order chi connectivity index (χ1) is 13.5. The fourth-order valence-electron chi connectivity index (χ4n) is 3.60. The van der Waals surface area contributed by atoms with Crippen LogP contribution in [0.15, 0.2) is 60.9 Å². The van der Waals surface area contributed by atoms with E-state index in [4.69, 9.17) is 0 Å². The van der Waals surface area contributed by atoms with Crippen molar-refractivity contribution in [3.8, 4) is 0 Å². The Hall–Kier alpha value is -3.21. The Bertz CT molecular complexity index is 980. The summed E-state index contributed by atoms with van der Waals surface area (Å²) in [5.41, 5.74) is 4.75. The Morgan fingerprint density at radius 1 is 1.07 bits per heavy atom. The standard InChI is InChI=1S/C23H24N4O/c1-15(2)17-8-10-19(11-9-17)26-22-14-24-20(13-25-22)23(28)27-16(3)12-18-6-4-5-7-21(18)27/h4-11,13-16H,12H2,1-3H3,(H,25,26). The average Bonchev–Trinajstić information content (AvgIpc) is 3.04. The van der Waals surface area contributed by atoms with Gasteiger partial charge in [-0.3, -0.25) is 4.79 Å². The molecule has 0 bridgehead atoms. The van der Waals surface area contributed by atoms with E-state index in [2.05, 4.69) is 54.3 Å². The first kappa shape index (κ1) is 18.2. The van der Waals surface area contributed by atoms with Crippen molar-refractivity contribution < 1.29 is 4.79 Å².